The summed E-state index contributed by atoms with van der Waals surface area (Å²) in [5, 5.41) is 7.13. The largest absolute Gasteiger partial charge is 0.360 e. The molecule has 1 amide bonds. The van der Waals surface area contributed by atoms with Crippen LogP contribution in [-0.4, -0.2) is 37.1 Å². The standard InChI is InChI=1S/C19H21N5O3/c1-10-11(2)20-17-9-13(21-24(17)18(10)25)15-4-3-7-23(15)19(26)14-8-16(27-22-14)12-5-6-12/h8-9,12,15,21H,3-7H2,1-2H3. The average molecular weight is 367 g/mol. The van der Waals surface area contributed by atoms with Crippen molar-refractivity contribution in [3.05, 3.63) is 50.9 Å². The fraction of sp³-hybridized carbons (Fsp3) is 0.474. The van der Waals surface area contributed by atoms with Gasteiger partial charge in [-0.05, 0) is 39.5 Å². The van der Waals surface area contributed by atoms with Gasteiger partial charge in [0.25, 0.3) is 11.5 Å². The summed E-state index contributed by atoms with van der Waals surface area (Å²) in [6.45, 7) is 4.26. The molecule has 0 aromatic carbocycles. The van der Waals surface area contributed by atoms with E-state index in [-0.39, 0.29) is 17.5 Å². The topological polar surface area (TPSA) is 96.5 Å². The number of aromatic amines is 1. The van der Waals surface area contributed by atoms with E-state index in [1.165, 1.54) is 4.52 Å². The summed E-state index contributed by atoms with van der Waals surface area (Å²) >= 11 is 0. The molecular formula is C19H21N5O3. The van der Waals surface area contributed by atoms with Gasteiger partial charge in [0.2, 0.25) is 0 Å². The van der Waals surface area contributed by atoms with Crippen LogP contribution in [0.1, 0.15) is 70.8 Å². The molecule has 0 radical (unpaired) electrons. The smallest absolute Gasteiger partial charge is 0.276 e. The van der Waals surface area contributed by atoms with Gasteiger partial charge in [-0.2, -0.15) is 0 Å². The Bertz CT molecular complexity index is 1100. The van der Waals surface area contributed by atoms with Crippen molar-refractivity contribution < 1.29 is 9.32 Å². The molecule has 8 nitrogen and oxygen atoms in total. The molecular weight excluding hydrogens is 346 g/mol. The Morgan fingerprint density at radius 1 is 1.26 bits per heavy atom. The molecule has 2 aliphatic rings. The zero-order valence-corrected chi connectivity index (χ0v) is 15.4. The second kappa shape index (κ2) is 5.80. The third-order valence-electron chi connectivity index (χ3n) is 5.70. The summed E-state index contributed by atoms with van der Waals surface area (Å²) in [7, 11) is 0. The molecule has 27 heavy (non-hydrogen) atoms. The normalized spacial score (nSPS) is 19.9. The van der Waals surface area contributed by atoms with E-state index in [2.05, 4.69) is 15.2 Å². The minimum atomic E-state index is -0.125. The number of fused-ring (bicyclic) bond motifs is 1. The molecule has 2 fully saturated rings. The van der Waals surface area contributed by atoms with Crippen LogP contribution in [0.15, 0.2) is 21.5 Å². The van der Waals surface area contributed by atoms with Crippen molar-refractivity contribution in [3.8, 4) is 0 Å². The molecule has 1 aliphatic heterocycles. The third-order valence-corrected chi connectivity index (χ3v) is 5.70. The Morgan fingerprint density at radius 2 is 2.07 bits per heavy atom. The first-order valence-corrected chi connectivity index (χ1v) is 9.39. The lowest BCUT2D eigenvalue weighted by molar-refractivity contribution is 0.0722. The van der Waals surface area contributed by atoms with Crippen LogP contribution >= 0.6 is 0 Å². The number of amides is 1. The van der Waals surface area contributed by atoms with Crippen LogP contribution in [0.25, 0.3) is 5.65 Å². The number of hydrogen-bond acceptors (Lipinski definition) is 5. The number of rotatable bonds is 3. The van der Waals surface area contributed by atoms with Gasteiger partial charge in [0.1, 0.15) is 5.76 Å². The maximum atomic E-state index is 13.0. The first-order chi connectivity index (χ1) is 13.0. The second-order valence-corrected chi connectivity index (χ2v) is 7.58. The Kier molecular flexibility index (Phi) is 3.50. The van der Waals surface area contributed by atoms with Crippen molar-refractivity contribution in [1.29, 1.82) is 0 Å². The Balaban J connectivity index is 1.48. The van der Waals surface area contributed by atoms with Gasteiger partial charge in [-0.25, -0.2) is 9.50 Å². The lowest BCUT2D eigenvalue weighted by atomic mass is 10.1. The van der Waals surface area contributed by atoms with Crippen LogP contribution in [0.4, 0.5) is 0 Å². The van der Waals surface area contributed by atoms with Crippen molar-refractivity contribution in [3.63, 3.8) is 0 Å². The van der Waals surface area contributed by atoms with Crippen LogP contribution in [0.2, 0.25) is 0 Å². The van der Waals surface area contributed by atoms with Gasteiger partial charge in [0.05, 0.1) is 11.7 Å². The van der Waals surface area contributed by atoms with E-state index in [4.69, 9.17) is 4.52 Å². The number of carbonyl (C=O) groups excluding carboxylic acids is 1. The van der Waals surface area contributed by atoms with E-state index in [9.17, 15) is 9.59 Å². The maximum Gasteiger partial charge on any atom is 0.276 e. The van der Waals surface area contributed by atoms with Gasteiger partial charge in [-0.3, -0.25) is 14.7 Å². The molecule has 140 valence electrons. The van der Waals surface area contributed by atoms with E-state index in [0.717, 1.165) is 42.8 Å². The first-order valence-electron chi connectivity index (χ1n) is 9.39. The number of likely N-dealkylation sites (tertiary alicyclic amines) is 1. The highest BCUT2D eigenvalue weighted by molar-refractivity contribution is 5.92. The summed E-state index contributed by atoms with van der Waals surface area (Å²) in [4.78, 5) is 31.8. The Hall–Kier alpha value is -2.90. The lowest BCUT2D eigenvalue weighted by Gasteiger charge is -2.22. The molecule has 3 aromatic heterocycles. The summed E-state index contributed by atoms with van der Waals surface area (Å²) in [6, 6.07) is 3.52. The Labute approximate surface area is 155 Å². The number of aromatic nitrogens is 4. The predicted molar refractivity (Wildman–Crippen MR) is 96.8 cm³/mol. The van der Waals surface area contributed by atoms with Crippen LogP contribution in [-0.2, 0) is 0 Å². The average Bonchev–Trinajstić information content (AvgIpc) is 3.08. The summed E-state index contributed by atoms with van der Waals surface area (Å²) in [6.07, 6.45) is 3.94. The molecule has 8 heteroatoms. The van der Waals surface area contributed by atoms with Gasteiger partial charge < -0.3 is 9.42 Å². The number of H-pyrrole nitrogens is 1. The summed E-state index contributed by atoms with van der Waals surface area (Å²) in [5.41, 5.74) is 3.00. The zero-order valence-electron chi connectivity index (χ0n) is 15.4. The van der Waals surface area contributed by atoms with Gasteiger partial charge in [0, 0.05) is 35.9 Å². The fourth-order valence-corrected chi connectivity index (χ4v) is 3.84. The number of nitrogens with one attached hydrogen (secondary N) is 1. The maximum absolute atomic E-state index is 13.0. The zero-order chi connectivity index (χ0) is 18.7. The number of nitrogens with zero attached hydrogens (tertiary/aromatic N) is 4. The monoisotopic (exact) mass is 367 g/mol. The quantitative estimate of drug-likeness (QED) is 0.767. The third kappa shape index (κ3) is 2.58. The van der Waals surface area contributed by atoms with Crippen molar-refractivity contribution in [2.24, 2.45) is 0 Å². The SMILES string of the molecule is Cc1nc2cc(C3CCCN3C(=O)c3cc(C4CC4)on3)[nH]n2c(=O)c1C. The number of carbonyl (C=O) groups is 1. The van der Waals surface area contributed by atoms with Crippen molar-refractivity contribution in [2.45, 2.75) is 51.5 Å². The highest BCUT2D eigenvalue weighted by Crippen LogP contribution is 2.40. The molecule has 4 heterocycles. The number of aryl methyl sites for hydroxylation is 1. The fourth-order valence-electron chi connectivity index (χ4n) is 3.84. The highest BCUT2D eigenvalue weighted by atomic mass is 16.5. The molecule has 1 aliphatic carbocycles. The first kappa shape index (κ1) is 16.3. The van der Waals surface area contributed by atoms with Crippen LogP contribution in [0.3, 0.4) is 0 Å². The minimum Gasteiger partial charge on any atom is -0.360 e. The van der Waals surface area contributed by atoms with Crippen molar-refractivity contribution >= 4 is 11.6 Å². The van der Waals surface area contributed by atoms with Crippen LogP contribution in [0.5, 0.6) is 0 Å². The van der Waals surface area contributed by atoms with Gasteiger partial charge >= 0.3 is 0 Å². The predicted octanol–water partition coefficient (Wildman–Crippen LogP) is 2.48. The van der Waals surface area contributed by atoms with E-state index in [1.54, 1.807) is 13.0 Å². The molecule has 0 bridgehead atoms. The molecule has 5 rings (SSSR count). The molecule has 1 atom stereocenters. The summed E-state index contributed by atoms with van der Waals surface area (Å²) < 4.78 is 6.80. The lowest BCUT2D eigenvalue weighted by Crippen LogP contribution is -2.31. The highest BCUT2D eigenvalue weighted by Gasteiger charge is 2.35. The van der Waals surface area contributed by atoms with E-state index in [0.29, 0.717) is 29.4 Å². The molecule has 1 N–H and O–H groups in total. The molecule has 0 spiro atoms. The van der Waals surface area contributed by atoms with Crippen molar-refractivity contribution in [2.75, 3.05) is 6.54 Å². The molecule has 1 unspecified atom stereocenters. The van der Waals surface area contributed by atoms with Crippen LogP contribution < -0.4 is 5.56 Å². The Morgan fingerprint density at radius 3 is 2.85 bits per heavy atom. The van der Waals surface area contributed by atoms with Crippen molar-refractivity contribution in [1.82, 2.24) is 24.7 Å². The molecule has 3 aromatic rings. The summed E-state index contributed by atoms with van der Waals surface area (Å²) in [5.74, 6) is 1.10. The van der Waals surface area contributed by atoms with Gasteiger partial charge in [-0.1, -0.05) is 5.16 Å². The number of hydrogen-bond donors (Lipinski definition) is 1. The minimum absolute atomic E-state index is 0.106. The molecule has 1 saturated heterocycles. The van der Waals surface area contributed by atoms with E-state index in [1.807, 2.05) is 17.9 Å². The van der Waals surface area contributed by atoms with E-state index < -0.39 is 0 Å². The van der Waals surface area contributed by atoms with Gasteiger partial charge in [-0.15, -0.1) is 0 Å². The van der Waals surface area contributed by atoms with Crippen LogP contribution in [0, 0.1) is 13.8 Å². The molecule has 1 saturated carbocycles. The van der Waals surface area contributed by atoms with Gasteiger partial charge in [0.15, 0.2) is 11.3 Å². The second-order valence-electron chi connectivity index (χ2n) is 7.58. The van der Waals surface area contributed by atoms with E-state index >= 15 is 0 Å².